The number of esters is 2. The summed E-state index contributed by atoms with van der Waals surface area (Å²) in [6.07, 6.45) is 0. The molecular weight excluding hydrogens is 396 g/mol. The first-order valence-corrected chi connectivity index (χ1v) is 9.14. The van der Waals surface area contributed by atoms with Crippen LogP contribution in [0.3, 0.4) is 0 Å². The van der Waals surface area contributed by atoms with Gasteiger partial charge in [-0.3, -0.25) is 4.90 Å². The maximum Gasteiger partial charge on any atom is 0.355 e. The maximum atomic E-state index is 12.9. The monoisotopic (exact) mass is 414 g/mol. The van der Waals surface area contributed by atoms with E-state index >= 15 is 0 Å². The fourth-order valence-electron chi connectivity index (χ4n) is 3.53. The Morgan fingerprint density at radius 3 is 2.13 bits per heavy atom. The van der Waals surface area contributed by atoms with E-state index in [1.807, 2.05) is 6.07 Å². The van der Waals surface area contributed by atoms with E-state index in [-0.39, 0.29) is 33.9 Å². The number of nitriles is 2. The van der Waals surface area contributed by atoms with Crippen molar-refractivity contribution in [3.8, 4) is 12.1 Å². The molecule has 0 fully saturated rings. The molecule has 154 valence electrons. The minimum Gasteiger partial charge on any atom is -0.466 e. The third-order valence-corrected chi connectivity index (χ3v) is 4.88. The van der Waals surface area contributed by atoms with Crippen LogP contribution >= 0.6 is 0 Å². The highest BCUT2D eigenvalue weighted by molar-refractivity contribution is 6.06. The van der Waals surface area contributed by atoms with Crippen molar-refractivity contribution in [2.75, 3.05) is 19.1 Å². The number of nitrogens with zero attached hydrogens (tertiary/aromatic N) is 3. The van der Waals surface area contributed by atoms with Gasteiger partial charge in [-0.05, 0) is 17.7 Å². The van der Waals surface area contributed by atoms with Crippen molar-refractivity contribution in [3.05, 3.63) is 88.4 Å². The zero-order valence-corrected chi connectivity index (χ0v) is 16.8. The molecule has 8 heteroatoms. The highest BCUT2D eigenvalue weighted by Crippen LogP contribution is 2.43. The van der Waals surface area contributed by atoms with Gasteiger partial charge in [0.1, 0.15) is 17.6 Å². The van der Waals surface area contributed by atoms with Crippen molar-refractivity contribution < 1.29 is 19.1 Å². The molecular formula is C23H18N4O4. The number of hydrogen-bond acceptors (Lipinski definition) is 8. The summed E-state index contributed by atoms with van der Waals surface area (Å²) in [6.45, 7) is 0. The second-order valence-corrected chi connectivity index (χ2v) is 6.46. The predicted molar refractivity (Wildman–Crippen MR) is 111 cm³/mol. The minimum atomic E-state index is -0.960. The van der Waals surface area contributed by atoms with Crippen molar-refractivity contribution in [1.29, 1.82) is 10.5 Å². The molecule has 0 bridgehead atoms. The van der Waals surface area contributed by atoms with Crippen molar-refractivity contribution in [2.24, 2.45) is 5.73 Å². The summed E-state index contributed by atoms with van der Waals surface area (Å²) in [7, 11) is 2.34. The van der Waals surface area contributed by atoms with Gasteiger partial charge in [0.25, 0.3) is 0 Å². The van der Waals surface area contributed by atoms with Crippen LogP contribution in [0.2, 0.25) is 0 Å². The zero-order valence-electron chi connectivity index (χ0n) is 16.8. The molecule has 0 saturated carbocycles. The van der Waals surface area contributed by atoms with E-state index in [0.717, 1.165) is 7.11 Å². The Morgan fingerprint density at radius 2 is 1.55 bits per heavy atom. The Morgan fingerprint density at radius 1 is 0.935 bits per heavy atom. The summed E-state index contributed by atoms with van der Waals surface area (Å²) in [5.74, 6) is -2.74. The normalized spacial score (nSPS) is 15.7. The van der Waals surface area contributed by atoms with Gasteiger partial charge in [-0.2, -0.15) is 10.5 Å². The molecule has 2 N–H and O–H groups in total. The van der Waals surface area contributed by atoms with E-state index in [1.54, 1.807) is 48.5 Å². The topological polar surface area (TPSA) is 129 Å². The lowest BCUT2D eigenvalue weighted by Crippen LogP contribution is -2.41. The van der Waals surface area contributed by atoms with Gasteiger partial charge < -0.3 is 15.2 Å². The van der Waals surface area contributed by atoms with Crippen LogP contribution in [0.4, 0.5) is 5.69 Å². The number of rotatable bonds is 4. The lowest BCUT2D eigenvalue weighted by molar-refractivity contribution is -0.139. The first-order chi connectivity index (χ1) is 15.0. The van der Waals surface area contributed by atoms with E-state index in [1.165, 1.54) is 18.1 Å². The predicted octanol–water partition coefficient (Wildman–Crippen LogP) is 2.46. The van der Waals surface area contributed by atoms with Crippen LogP contribution in [0, 0.1) is 22.7 Å². The Labute approximate surface area is 179 Å². The number of para-hydroxylation sites is 1. The molecule has 3 rings (SSSR count). The number of hydrogen-bond donors (Lipinski definition) is 1. The number of carbonyl (C=O) groups excluding carboxylic acids is 2. The van der Waals surface area contributed by atoms with Crippen molar-refractivity contribution in [3.63, 3.8) is 0 Å². The van der Waals surface area contributed by atoms with E-state index < -0.39 is 17.9 Å². The second-order valence-electron chi connectivity index (χ2n) is 6.46. The second kappa shape index (κ2) is 8.85. The minimum absolute atomic E-state index is 0.0343. The third kappa shape index (κ3) is 3.59. The van der Waals surface area contributed by atoms with Gasteiger partial charge in [-0.1, -0.05) is 42.5 Å². The molecule has 2 aromatic rings. The molecule has 2 aromatic carbocycles. The lowest BCUT2D eigenvalue weighted by Gasteiger charge is -2.36. The number of benzene rings is 2. The number of nitrogens with two attached hydrogens (primary N) is 1. The number of carbonyl (C=O) groups is 2. The molecule has 31 heavy (non-hydrogen) atoms. The summed E-state index contributed by atoms with van der Waals surface area (Å²) < 4.78 is 9.92. The number of methoxy groups -OCH3 is 2. The van der Waals surface area contributed by atoms with Crippen LogP contribution in [0.25, 0.3) is 0 Å². The van der Waals surface area contributed by atoms with Crippen LogP contribution in [0.5, 0.6) is 0 Å². The van der Waals surface area contributed by atoms with Crippen LogP contribution < -0.4 is 10.6 Å². The molecule has 0 radical (unpaired) electrons. The quantitative estimate of drug-likeness (QED) is 0.755. The molecule has 0 aromatic heterocycles. The van der Waals surface area contributed by atoms with Gasteiger partial charge in [0.05, 0.1) is 48.6 Å². The maximum absolute atomic E-state index is 12.9. The largest absolute Gasteiger partial charge is 0.466 e. The van der Waals surface area contributed by atoms with Crippen LogP contribution in [-0.4, -0.2) is 26.2 Å². The number of allylic oxidation sites excluding steroid dienone is 1. The van der Waals surface area contributed by atoms with Crippen LogP contribution in [-0.2, 0) is 19.1 Å². The molecule has 0 spiro atoms. The number of anilines is 1. The third-order valence-electron chi connectivity index (χ3n) is 4.88. The van der Waals surface area contributed by atoms with Crippen molar-refractivity contribution in [1.82, 2.24) is 0 Å². The number of ether oxygens (including phenoxy) is 2. The summed E-state index contributed by atoms with van der Waals surface area (Å²) >= 11 is 0. The Balaban J connectivity index is 2.46. The summed E-state index contributed by atoms with van der Waals surface area (Å²) in [4.78, 5) is 27.1. The standard InChI is InChI=1S/C23H18N4O4/c1-30-22(28)19-18(14-8-4-3-5-9-14)16(13-25)21(26)27(20(19)23(29)31-2)17-11-7-6-10-15(17)12-24/h3-11,18H,26H2,1-2H3. The molecule has 1 unspecified atom stereocenters. The van der Waals surface area contributed by atoms with E-state index in [2.05, 4.69) is 6.07 Å². The average molecular weight is 414 g/mol. The lowest BCUT2D eigenvalue weighted by atomic mass is 9.81. The first-order valence-electron chi connectivity index (χ1n) is 9.14. The summed E-state index contributed by atoms with van der Waals surface area (Å²) in [6, 6.07) is 19.2. The average Bonchev–Trinajstić information content (AvgIpc) is 2.82. The molecule has 1 aliphatic rings. The van der Waals surface area contributed by atoms with Gasteiger partial charge in [0.15, 0.2) is 0 Å². The molecule has 1 heterocycles. The molecule has 8 nitrogen and oxygen atoms in total. The molecule has 0 amide bonds. The van der Waals surface area contributed by atoms with Crippen molar-refractivity contribution >= 4 is 17.6 Å². The van der Waals surface area contributed by atoms with Crippen LogP contribution in [0.15, 0.2) is 77.3 Å². The van der Waals surface area contributed by atoms with Crippen LogP contribution in [0.1, 0.15) is 17.0 Å². The highest BCUT2D eigenvalue weighted by atomic mass is 16.5. The first kappa shape index (κ1) is 21.2. The van der Waals surface area contributed by atoms with Gasteiger partial charge in [0.2, 0.25) is 0 Å². The summed E-state index contributed by atoms with van der Waals surface area (Å²) in [5, 5.41) is 19.5. The molecule has 0 saturated heterocycles. The summed E-state index contributed by atoms with van der Waals surface area (Å²) in [5.41, 5.74) is 7.06. The zero-order chi connectivity index (χ0) is 22.5. The fourth-order valence-corrected chi connectivity index (χ4v) is 3.53. The Bertz CT molecular complexity index is 1190. The van der Waals surface area contributed by atoms with E-state index in [4.69, 9.17) is 15.2 Å². The molecule has 1 atom stereocenters. The smallest absolute Gasteiger partial charge is 0.355 e. The highest BCUT2D eigenvalue weighted by Gasteiger charge is 2.43. The van der Waals surface area contributed by atoms with Crippen molar-refractivity contribution in [2.45, 2.75) is 5.92 Å². The Hall–Kier alpha value is -4.56. The molecule has 0 aliphatic carbocycles. The van der Waals surface area contributed by atoms with Gasteiger partial charge >= 0.3 is 11.9 Å². The van der Waals surface area contributed by atoms with E-state index in [0.29, 0.717) is 5.56 Å². The van der Waals surface area contributed by atoms with Gasteiger partial charge in [-0.15, -0.1) is 0 Å². The fraction of sp³-hybridized carbons (Fsp3) is 0.130. The molecule has 1 aliphatic heterocycles. The van der Waals surface area contributed by atoms with Gasteiger partial charge in [-0.25, -0.2) is 9.59 Å². The SMILES string of the molecule is COC(=O)C1=C(C(=O)OC)N(c2ccccc2C#N)C(N)=C(C#N)C1c1ccccc1. The van der Waals surface area contributed by atoms with E-state index in [9.17, 15) is 20.1 Å². The van der Waals surface area contributed by atoms with Gasteiger partial charge in [0, 0.05) is 0 Å². The Kier molecular flexibility index (Phi) is 6.04.